The monoisotopic (exact) mass is 319 g/mol. The first-order valence-corrected chi connectivity index (χ1v) is 7.98. The summed E-state index contributed by atoms with van der Waals surface area (Å²) in [6, 6.07) is 0. The minimum Gasteiger partial charge on any atom is -0.507 e. The Hall–Kier alpha value is -2.04. The Morgan fingerprint density at radius 1 is 1.35 bits per heavy atom. The molecule has 1 atom stereocenters. The molecule has 1 aromatic carbocycles. The molecule has 2 rings (SSSR count). The predicted molar refractivity (Wildman–Crippen MR) is 89.7 cm³/mol. The van der Waals surface area contributed by atoms with Gasteiger partial charge < -0.3 is 9.84 Å². The van der Waals surface area contributed by atoms with Crippen molar-refractivity contribution in [2.24, 2.45) is 0 Å². The molecule has 1 aromatic rings. The number of benzene rings is 1. The first-order valence-electron chi connectivity index (χ1n) is 7.98. The Balaban J connectivity index is 2.22. The number of phenols is 1. The number of hydrogen-bond donors (Lipinski definition) is 1. The van der Waals surface area contributed by atoms with Gasteiger partial charge in [-0.15, -0.1) is 0 Å². The van der Waals surface area contributed by atoms with Crippen molar-refractivity contribution in [3.05, 3.63) is 44.1 Å². The van der Waals surface area contributed by atoms with Crippen molar-refractivity contribution < 1.29 is 14.8 Å². The van der Waals surface area contributed by atoms with Crippen LogP contribution < -0.4 is 4.74 Å². The van der Waals surface area contributed by atoms with Crippen LogP contribution in [0.25, 0.3) is 0 Å². The molecule has 0 aliphatic carbocycles. The van der Waals surface area contributed by atoms with Gasteiger partial charge in [0.25, 0.3) is 0 Å². The van der Waals surface area contributed by atoms with Crippen molar-refractivity contribution in [2.45, 2.75) is 65.9 Å². The van der Waals surface area contributed by atoms with E-state index in [2.05, 4.69) is 6.92 Å². The van der Waals surface area contributed by atoms with E-state index in [1.807, 2.05) is 20.8 Å². The number of phenolic OH excluding ortho intramolecular Hbond substituents is 1. The first kappa shape index (κ1) is 17.3. The van der Waals surface area contributed by atoms with Crippen LogP contribution in [0.1, 0.15) is 55.4 Å². The molecule has 0 spiro atoms. The van der Waals surface area contributed by atoms with E-state index in [-0.39, 0.29) is 16.2 Å². The molecular weight excluding hydrogens is 294 g/mol. The van der Waals surface area contributed by atoms with Gasteiger partial charge in [0.2, 0.25) is 5.70 Å². The maximum absolute atomic E-state index is 10.7. The zero-order valence-corrected chi connectivity index (χ0v) is 14.5. The minimum absolute atomic E-state index is 0.178. The summed E-state index contributed by atoms with van der Waals surface area (Å²) >= 11 is 0. The third-order valence-electron chi connectivity index (χ3n) is 4.99. The minimum atomic E-state index is -0.362. The van der Waals surface area contributed by atoms with Crippen molar-refractivity contribution in [3.8, 4) is 11.5 Å². The number of nitrogens with zero attached hydrogens (tertiary/aromatic N) is 1. The smallest absolute Gasteiger partial charge is 0.239 e. The van der Waals surface area contributed by atoms with E-state index in [9.17, 15) is 15.2 Å². The molecular formula is C18H25NO4. The summed E-state index contributed by atoms with van der Waals surface area (Å²) in [7, 11) is 0. The fourth-order valence-corrected chi connectivity index (χ4v) is 3.13. The van der Waals surface area contributed by atoms with Gasteiger partial charge in [-0.25, -0.2) is 0 Å². The van der Waals surface area contributed by atoms with Crippen molar-refractivity contribution in [3.63, 3.8) is 0 Å². The van der Waals surface area contributed by atoms with Crippen LogP contribution in [-0.2, 0) is 6.42 Å². The number of aromatic hydroxyl groups is 1. The van der Waals surface area contributed by atoms with E-state index in [0.717, 1.165) is 47.3 Å². The van der Waals surface area contributed by atoms with Crippen LogP contribution in [0.5, 0.6) is 11.5 Å². The Kier molecular flexibility index (Phi) is 4.68. The lowest BCUT2D eigenvalue weighted by atomic mass is 9.85. The molecule has 5 heteroatoms. The van der Waals surface area contributed by atoms with Crippen molar-refractivity contribution in [1.82, 2.24) is 0 Å². The summed E-state index contributed by atoms with van der Waals surface area (Å²) < 4.78 is 6.30. The number of allylic oxidation sites excluding steroid dienone is 2. The molecule has 1 unspecified atom stereocenters. The van der Waals surface area contributed by atoms with Crippen LogP contribution in [0.15, 0.2) is 11.8 Å². The molecule has 5 nitrogen and oxygen atoms in total. The van der Waals surface area contributed by atoms with E-state index < -0.39 is 0 Å². The second kappa shape index (κ2) is 6.22. The molecule has 0 radical (unpaired) electrons. The first-order chi connectivity index (χ1) is 10.7. The molecule has 1 heterocycles. The molecule has 0 fully saturated rings. The Morgan fingerprint density at radius 2 is 2.00 bits per heavy atom. The summed E-state index contributed by atoms with van der Waals surface area (Å²) in [5.41, 5.74) is 3.66. The van der Waals surface area contributed by atoms with Gasteiger partial charge >= 0.3 is 0 Å². The third-order valence-corrected chi connectivity index (χ3v) is 4.99. The molecule has 23 heavy (non-hydrogen) atoms. The summed E-state index contributed by atoms with van der Waals surface area (Å²) in [4.78, 5) is 10.3. The second-order valence-corrected chi connectivity index (χ2v) is 6.72. The topological polar surface area (TPSA) is 72.6 Å². The number of fused-ring (bicyclic) bond motifs is 1. The molecule has 0 saturated carbocycles. The average Bonchev–Trinajstić information content (AvgIpc) is 2.50. The summed E-state index contributed by atoms with van der Waals surface area (Å²) in [5, 5.41) is 20.9. The van der Waals surface area contributed by atoms with Crippen LogP contribution in [0.3, 0.4) is 0 Å². The van der Waals surface area contributed by atoms with Crippen LogP contribution in [0.4, 0.5) is 0 Å². The lowest BCUT2D eigenvalue weighted by Crippen LogP contribution is -2.37. The van der Waals surface area contributed by atoms with Crippen LogP contribution >= 0.6 is 0 Å². The quantitative estimate of drug-likeness (QED) is 0.661. The number of ether oxygens (including phenoxy) is 1. The number of hydrogen-bond acceptors (Lipinski definition) is 4. The lowest BCUT2D eigenvalue weighted by molar-refractivity contribution is -0.424. The Labute approximate surface area is 137 Å². The molecule has 1 aliphatic rings. The lowest BCUT2D eigenvalue weighted by Gasteiger charge is -2.38. The van der Waals surface area contributed by atoms with E-state index in [4.69, 9.17) is 4.74 Å². The Morgan fingerprint density at radius 3 is 2.61 bits per heavy atom. The van der Waals surface area contributed by atoms with Crippen LogP contribution in [0.2, 0.25) is 0 Å². The fourth-order valence-electron chi connectivity index (χ4n) is 3.13. The zero-order chi connectivity index (χ0) is 17.4. The van der Waals surface area contributed by atoms with Gasteiger partial charge in [-0.2, -0.15) is 0 Å². The van der Waals surface area contributed by atoms with E-state index in [1.54, 1.807) is 6.08 Å². The maximum Gasteiger partial charge on any atom is 0.239 e. The van der Waals surface area contributed by atoms with E-state index >= 15 is 0 Å². The normalized spacial score (nSPS) is 20.8. The van der Waals surface area contributed by atoms with Crippen molar-refractivity contribution in [1.29, 1.82) is 0 Å². The van der Waals surface area contributed by atoms with Gasteiger partial charge in [-0.05, 0) is 76.1 Å². The zero-order valence-electron chi connectivity index (χ0n) is 14.5. The van der Waals surface area contributed by atoms with Crippen LogP contribution in [-0.4, -0.2) is 15.6 Å². The van der Waals surface area contributed by atoms with Crippen molar-refractivity contribution >= 4 is 0 Å². The average molecular weight is 319 g/mol. The molecule has 0 bridgehead atoms. The fraction of sp³-hybridized carbons (Fsp3) is 0.556. The summed E-state index contributed by atoms with van der Waals surface area (Å²) in [6.07, 6.45) is 4.70. The molecule has 0 amide bonds. The molecule has 0 aromatic heterocycles. The van der Waals surface area contributed by atoms with Gasteiger partial charge in [0.15, 0.2) is 0 Å². The Bertz CT molecular complexity index is 678. The highest BCUT2D eigenvalue weighted by Crippen LogP contribution is 2.44. The van der Waals surface area contributed by atoms with E-state index in [1.165, 1.54) is 6.92 Å². The molecule has 1 aliphatic heterocycles. The predicted octanol–water partition coefficient (Wildman–Crippen LogP) is 4.36. The largest absolute Gasteiger partial charge is 0.507 e. The van der Waals surface area contributed by atoms with E-state index in [0.29, 0.717) is 12.2 Å². The van der Waals surface area contributed by atoms with Gasteiger partial charge in [0.1, 0.15) is 17.1 Å². The highest BCUT2D eigenvalue weighted by atomic mass is 16.6. The number of rotatable bonds is 4. The maximum atomic E-state index is 10.7. The highest BCUT2D eigenvalue weighted by Gasteiger charge is 2.34. The molecule has 1 N–H and O–H groups in total. The molecule has 0 saturated heterocycles. The van der Waals surface area contributed by atoms with Crippen molar-refractivity contribution in [2.75, 3.05) is 0 Å². The highest BCUT2D eigenvalue weighted by molar-refractivity contribution is 5.58. The van der Waals surface area contributed by atoms with Gasteiger partial charge in [0.05, 0.1) is 4.92 Å². The molecule has 126 valence electrons. The van der Waals surface area contributed by atoms with Crippen LogP contribution in [0, 0.1) is 30.9 Å². The number of nitro groups is 1. The van der Waals surface area contributed by atoms with Gasteiger partial charge in [0, 0.05) is 12.5 Å². The van der Waals surface area contributed by atoms with Gasteiger partial charge in [-0.3, -0.25) is 10.1 Å². The summed E-state index contributed by atoms with van der Waals surface area (Å²) in [6.45, 7) is 9.36. The second-order valence-electron chi connectivity index (χ2n) is 6.72. The standard InChI is InChI=1S/C18H25NO4/c1-11(19(21)22)7-6-9-18(5)10-8-15-14(4)16(20)12(2)13(3)17(15)23-18/h7,20H,6,8-10H2,1-5H3. The summed E-state index contributed by atoms with van der Waals surface area (Å²) in [5.74, 6) is 1.24. The third kappa shape index (κ3) is 3.33. The SMILES string of the molecule is CC(=CCCC1(C)CCc2c(C)c(O)c(C)c(C)c2O1)[N+](=O)[O-]. The van der Waals surface area contributed by atoms with Gasteiger partial charge in [-0.1, -0.05) is 0 Å².